The molecule has 0 aromatic heterocycles. The van der Waals surface area contributed by atoms with Crippen molar-refractivity contribution in [2.75, 3.05) is 27.9 Å². The van der Waals surface area contributed by atoms with Crippen LogP contribution in [0.1, 0.15) is 16.7 Å². The highest BCUT2D eigenvalue weighted by Crippen LogP contribution is 2.33. The van der Waals surface area contributed by atoms with E-state index in [0.717, 1.165) is 43.3 Å². The van der Waals surface area contributed by atoms with E-state index in [1.165, 1.54) is 16.7 Å². The fourth-order valence-electron chi connectivity index (χ4n) is 3.15. The second-order valence-corrected chi connectivity index (χ2v) is 5.75. The molecule has 1 heterocycles. The van der Waals surface area contributed by atoms with Gasteiger partial charge in [-0.3, -0.25) is 4.90 Å². The lowest BCUT2D eigenvalue weighted by molar-refractivity contribution is 0.240. The molecule has 0 fully saturated rings. The summed E-state index contributed by atoms with van der Waals surface area (Å²) in [6, 6.07) is 12.4. The Morgan fingerprint density at radius 3 is 2.22 bits per heavy atom. The van der Waals surface area contributed by atoms with Crippen LogP contribution in [0.15, 0.2) is 36.4 Å². The number of hydrogen-bond donors (Lipinski definition) is 0. The molecule has 1 aliphatic rings. The van der Waals surface area contributed by atoms with E-state index < -0.39 is 0 Å². The molecule has 1 aliphatic heterocycles. The fourth-order valence-corrected chi connectivity index (χ4v) is 3.15. The van der Waals surface area contributed by atoms with Gasteiger partial charge in [-0.25, -0.2) is 0 Å². The number of methoxy groups -OCH3 is 3. The van der Waals surface area contributed by atoms with Gasteiger partial charge in [0.1, 0.15) is 5.75 Å². The number of para-hydroxylation sites is 1. The highest BCUT2D eigenvalue weighted by Gasteiger charge is 2.20. The number of fused-ring (bicyclic) bond motifs is 1. The van der Waals surface area contributed by atoms with Gasteiger partial charge in [0.25, 0.3) is 0 Å². The van der Waals surface area contributed by atoms with Gasteiger partial charge in [0, 0.05) is 25.2 Å². The third kappa shape index (κ3) is 3.27. The fraction of sp³-hybridized carbons (Fsp3) is 0.368. The van der Waals surface area contributed by atoms with E-state index in [2.05, 4.69) is 29.2 Å². The van der Waals surface area contributed by atoms with E-state index in [0.29, 0.717) is 0 Å². The van der Waals surface area contributed by atoms with Crippen molar-refractivity contribution in [3.05, 3.63) is 53.1 Å². The summed E-state index contributed by atoms with van der Waals surface area (Å²) in [5.74, 6) is 2.56. The van der Waals surface area contributed by atoms with Crippen molar-refractivity contribution in [2.45, 2.75) is 19.5 Å². The normalized spacial score (nSPS) is 14.2. The van der Waals surface area contributed by atoms with Gasteiger partial charge >= 0.3 is 0 Å². The Balaban J connectivity index is 1.80. The summed E-state index contributed by atoms with van der Waals surface area (Å²) in [7, 11) is 5.09. The summed E-state index contributed by atoms with van der Waals surface area (Å²) >= 11 is 0. The Morgan fingerprint density at radius 1 is 0.870 bits per heavy atom. The van der Waals surface area contributed by atoms with Gasteiger partial charge in [-0.15, -0.1) is 0 Å². The number of nitrogens with zero attached hydrogens (tertiary/aromatic N) is 1. The largest absolute Gasteiger partial charge is 0.496 e. The summed E-state index contributed by atoms with van der Waals surface area (Å²) in [6.45, 7) is 2.83. The van der Waals surface area contributed by atoms with Crippen LogP contribution in [0.4, 0.5) is 0 Å². The first-order valence-electron chi connectivity index (χ1n) is 7.83. The predicted octanol–water partition coefficient (Wildman–Crippen LogP) is 3.27. The third-order valence-corrected chi connectivity index (χ3v) is 4.38. The summed E-state index contributed by atoms with van der Waals surface area (Å²) in [5, 5.41) is 0. The molecular formula is C19H23NO3. The zero-order chi connectivity index (χ0) is 16.2. The molecule has 4 nitrogen and oxygen atoms in total. The number of hydrogen-bond acceptors (Lipinski definition) is 4. The van der Waals surface area contributed by atoms with Gasteiger partial charge in [-0.2, -0.15) is 0 Å². The van der Waals surface area contributed by atoms with Crippen molar-refractivity contribution in [2.24, 2.45) is 0 Å². The van der Waals surface area contributed by atoms with Crippen LogP contribution in [-0.2, 0) is 19.5 Å². The first-order valence-corrected chi connectivity index (χ1v) is 7.83. The maximum Gasteiger partial charge on any atom is 0.161 e. The molecule has 3 rings (SSSR count). The lowest BCUT2D eigenvalue weighted by Gasteiger charge is -2.30. The smallest absolute Gasteiger partial charge is 0.161 e. The maximum absolute atomic E-state index is 5.46. The molecule has 0 aliphatic carbocycles. The van der Waals surface area contributed by atoms with Gasteiger partial charge in [0.2, 0.25) is 0 Å². The zero-order valence-corrected chi connectivity index (χ0v) is 14.0. The van der Waals surface area contributed by atoms with Crippen LogP contribution in [0.3, 0.4) is 0 Å². The van der Waals surface area contributed by atoms with E-state index in [4.69, 9.17) is 14.2 Å². The summed E-state index contributed by atoms with van der Waals surface area (Å²) in [6.07, 6.45) is 1.02. The molecule has 0 spiro atoms. The minimum absolute atomic E-state index is 0.797. The van der Waals surface area contributed by atoms with Gasteiger partial charge in [0.05, 0.1) is 21.3 Å². The molecule has 0 bridgehead atoms. The van der Waals surface area contributed by atoms with Gasteiger partial charge in [-0.05, 0) is 35.7 Å². The lowest BCUT2D eigenvalue weighted by Crippen LogP contribution is -2.30. The number of ether oxygens (including phenoxy) is 3. The molecule has 0 saturated heterocycles. The average molecular weight is 313 g/mol. The van der Waals surface area contributed by atoms with E-state index in [9.17, 15) is 0 Å². The molecule has 4 heteroatoms. The second-order valence-electron chi connectivity index (χ2n) is 5.75. The first-order chi connectivity index (χ1) is 11.2. The van der Waals surface area contributed by atoms with Crippen molar-refractivity contribution in [3.8, 4) is 17.2 Å². The van der Waals surface area contributed by atoms with Crippen molar-refractivity contribution < 1.29 is 14.2 Å². The van der Waals surface area contributed by atoms with E-state index >= 15 is 0 Å². The van der Waals surface area contributed by atoms with Crippen LogP contribution in [-0.4, -0.2) is 32.8 Å². The van der Waals surface area contributed by atoms with Crippen LogP contribution < -0.4 is 14.2 Å². The third-order valence-electron chi connectivity index (χ3n) is 4.38. The van der Waals surface area contributed by atoms with Crippen molar-refractivity contribution in [1.82, 2.24) is 4.90 Å². The molecule has 23 heavy (non-hydrogen) atoms. The Bertz CT molecular complexity index is 684. The van der Waals surface area contributed by atoms with Crippen LogP contribution in [0.5, 0.6) is 17.2 Å². The highest BCUT2D eigenvalue weighted by molar-refractivity contribution is 5.48. The molecule has 0 amide bonds. The van der Waals surface area contributed by atoms with Gasteiger partial charge < -0.3 is 14.2 Å². The van der Waals surface area contributed by atoms with Crippen LogP contribution in [0.2, 0.25) is 0 Å². The minimum Gasteiger partial charge on any atom is -0.496 e. The molecular weight excluding hydrogens is 290 g/mol. The number of rotatable bonds is 5. The Hall–Kier alpha value is -2.20. The van der Waals surface area contributed by atoms with E-state index in [-0.39, 0.29) is 0 Å². The summed E-state index contributed by atoms with van der Waals surface area (Å²) < 4.78 is 16.3. The van der Waals surface area contributed by atoms with Crippen LogP contribution in [0, 0.1) is 0 Å². The standard InChI is InChI=1S/C19H23NO3/c1-21-17-7-5-4-6-15(17)12-20-9-8-14-10-18(22-2)19(23-3)11-16(14)13-20/h4-7,10-11H,8-9,12-13H2,1-3H3. The molecule has 0 N–H and O–H groups in total. The quantitative estimate of drug-likeness (QED) is 0.848. The van der Waals surface area contributed by atoms with Crippen LogP contribution >= 0.6 is 0 Å². The Kier molecular flexibility index (Phi) is 4.72. The molecule has 2 aromatic rings. The second kappa shape index (κ2) is 6.92. The topological polar surface area (TPSA) is 30.9 Å². The molecule has 0 atom stereocenters. The maximum atomic E-state index is 5.46. The predicted molar refractivity (Wildman–Crippen MR) is 90.4 cm³/mol. The molecule has 2 aromatic carbocycles. The van der Waals surface area contributed by atoms with E-state index in [1.54, 1.807) is 21.3 Å². The van der Waals surface area contributed by atoms with Crippen LogP contribution in [0.25, 0.3) is 0 Å². The minimum atomic E-state index is 0.797. The van der Waals surface area contributed by atoms with Crippen molar-refractivity contribution in [3.63, 3.8) is 0 Å². The average Bonchev–Trinajstić information content (AvgIpc) is 2.60. The molecule has 0 unspecified atom stereocenters. The Labute approximate surface area is 137 Å². The van der Waals surface area contributed by atoms with Gasteiger partial charge in [0.15, 0.2) is 11.5 Å². The highest BCUT2D eigenvalue weighted by atomic mass is 16.5. The zero-order valence-electron chi connectivity index (χ0n) is 14.0. The monoisotopic (exact) mass is 313 g/mol. The summed E-state index contributed by atoms with van der Waals surface area (Å²) in [5.41, 5.74) is 3.88. The van der Waals surface area contributed by atoms with Crippen molar-refractivity contribution >= 4 is 0 Å². The van der Waals surface area contributed by atoms with Crippen molar-refractivity contribution in [1.29, 1.82) is 0 Å². The van der Waals surface area contributed by atoms with Gasteiger partial charge in [-0.1, -0.05) is 18.2 Å². The van der Waals surface area contributed by atoms with E-state index in [1.807, 2.05) is 12.1 Å². The molecule has 122 valence electrons. The summed E-state index contributed by atoms with van der Waals surface area (Å²) in [4.78, 5) is 2.44. The number of benzene rings is 2. The molecule has 0 radical (unpaired) electrons. The first kappa shape index (κ1) is 15.7. The SMILES string of the molecule is COc1ccccc1CN1CCc2cc(OC)c(OC)cc2C1. The molecule has 0 saturated carbocycles. The lowest BCUT2D eigenvalue weighted by atomic mass is 9.98. The Morgan fingerprint density at radius 2 is 1.52 bits per heavy atom.